The molecule has 2 aromatic carbocycles. The Balaban J connectivity index is 1.71. The molecule has 0 saturated carbocycles. The van der Waals surface area contributed by atoms with Gasteiger partial charge in [0.05, 0.1) is 16.3 Å². The lowest BCUT2D eigenvalue weighted by Crippen LogP contribution is -2.45. The molecule has 1 aliphatic heterocycles. The van der Waals surface area contributed by atoms with E-state index in [2.05, 4.69) is 5.32 Å². The monoisotopic (exact) mass is 496 g/mol. The Morgan fingerprint density at radius 2 is 1.60 bits per heavy atom. The molecule has 0 spiro atoms. The molecule has 184 valence electrons. The molecule has 1 N–H and O–H groups in total. The summed E-state index contributed by atoms with van der Waals surface area (Å²) in [5, 5.41) is 2.61. The predicted octanol–water partition coefficient (Wildman–Crippen LogP) is 2.73. The molecule has 0 aliphatic carbocycles. The van der Waals surface area contributed by atoms with E-state index in [-0.39, 0.29) is 23.4 Å². The minimum Gasteiger partial charge on any atom is -0.318 e. The van der Waals surface area contributed by atoms with E-state index in [1.165, 1.54) is 4.68 Å². The number of carbonyl (C=O) groups is 2. The van der Waals surface area contributed by atoms with Crippen LogP contribution < -0.4 is 10.9 Å². The first kappa shape index (κ1) is 24.5. The summed E-state index contributed by atoms with van der Waals surface area (Å²) in [5.74, 6) is -1.36. The van der Waals surface area contributed by atoms with Crippen molar-refractivity contribution in [2.24, 2.45) is 7.05 Å². The van der Waals surface area contributed by atoms with Crippen LogP contribution in [0.2, 0.25) is 0 Å². The summed E-state index contributed by atoms with van der Waals surface area (Å²) < 4.78 is 30.9. The fourth-order valence-electron chi connectivity index (χ4n) is 4.79. The lowest BCUT2D eigenvalue weighted by atomic mass is 10.1. The lowest BCUT2D eigenvalue weighted by molar-refractivity contribution is -0.128. The van der Waals surface area contributed by atoms with E-state index >= 15 is 0 Å². The normalized spacial score (nSPS) is 16.1. The molecule has 1 aromatic heterocycles. The van der Waals surface area contributed by atoms with Crippen molar-refractivity contribution in [2.45, 2.75) is 51.5 Å². The summed E-state index contributed by atoms with van der Waals surface area (Å²) >= 11 is 0. The molecule has 1 saturated heterocycles. The number of nitrogens with zero attached hydrogens (tertiary/aromatic N) is 3. The fraction of sp³-hybridized carbons (Fsp3) is 0.320. The highest BCUT2D eigenvalue weighted by atomic mass is 32.2. The molecule has 1 aliphatic rings. The number of anilines is 1. The maximum Gasteiger partial charge on any atom is 0.295 e. The van der Waals surface area contributed by atoms with Crippen molar-refractivity contribution in [3.8, 4) is 5.69 Å². The minimum absolute atomic E-state index is 0.0264. The quantitative estimate of drug-likeness (QED) is 0.584. The van der Waals surface area contributed by atoms with Crippen LogP contribution in [0.1, 0.15) is 35.2 Å². The third-order valence-electron chi connectivity index (χ3n) is 6.39. The lowest BCUT2D eigenvalue weighted by Gasteiger charge is -2.25. The Morgan fingerprint density at radius 3 is 2.20 bits per heavy atom. The molecule has 1 atom stereocenters. The third-order valence-corrected chi connectivity index (χ3v) is 8.52. The number of nitrogens with one attached hydrogen (secondary N) is 1. The summed E-state index contributed by atoms with van der Waals surface area (Å²) in [6, 6.07) is 11.2. The highest BCUT2D eigenvalue weighted by Gasteiger charge is 2.45. The van der Waals surface area contributed by atoms with Crippen molar-refractivity contribution in [2.75, 3.05) is 5.32 Å². The van der Waals surface area contributed by atoms with Crippen LogP contribution in [0, 0.1) is 27.7 Å². The Kier molecular flexibility index (Phi) is 6.18. The average molecular weight is 497 g/mol. The number of sulfonamides is 1. The van der Waals surface area contributed by atoms with Gasteiger partial charge in [-0.2, -0.15) is 0 Å². The van der Waals surface area contributed by atoms with Gasteiger partial charge in [0.15, 0.2) is 0 Å². The Hall–Kier alpha value is -3.66. The number of aromatic nitrogens is 2. The van der Waals surface area contributed by atoms with Crippen LogP contribution in [0.5, 0.6) is 0 Å². The second-order valence-corrected chi connectivity index (χ2v) is 10.7. The summed E-state index contributed by atoms with van der Waals surface area (Å²) in [7, 11) is -2.59. The fourth-order valence-corrected chi connectivity index (χ4v) is 6.82. The Morgan fingerprint density at radius 1 is 1.00 bits per heavy atom. The topological polar surface area (TPSA) is 110 Å². The third kappa shape index (κ3) is 4.07. The molecular formula is C25H28N4O5S. The zero-order chi connectivity index (χ0) is 25.7. The molecule has 4 rings (SSSR count). The summed E-state index contributed by atoms with van der Waals surface area (Å²) in [5.41, 5.74) is 2.62. The van der Waals surface area contributed by atoms with Gasteiger partial charge in [0.25, 0.3) is 15.6 Å². The maximum absolute atomic E-state index is 13.6. The largest absolute Gasteiger partial charge is 0.318 e. The standard InChI is InChI=1S/C25H28N4O5S/c1-15-13-16(2)23(17(3)14-15)35(33,34)29-20(11-12-21(29)30)24(31)26-22-18(4)27(5)28(25(22)32)19-9-7-6-8-10-19/h6-10,13-14,20H,11-12H2,1-5H3,(H,26,31). The SMILES string of the molecule is Cc1cc(C)c(S(=O)(=O)N2C(=O)CCC2C(=O)Nc2c(C)n(C)n(-c3ccccc3)c2=O)c(C)c1. The van der Waals surface area contributed by atoms with Gasteiger partial charge in [0.2, 0.25) is 11.8 Å². The number of aryl methyl sites for hydroxylation is 3. The van der Waals surface area contributed by atoms with E-state index < -0.39 is 33.4 Å². The first-order chi connectivity index (χ1) is 16.4. The Bertz CT molecular complexity index is 1480. The molecule has 2 heterocycles. The van der Waals surface area contributed by atoms with Crippen LogP contribution in [-0.4, -0.2) is 39.9 Å². The van der Waals surface area contributed by atoms with Gasteiger partial charge in [-0.3, -0.25) is 19.1 Å². The van der Waals surface area contributed by atoms with Gasteiger partial charge in [-0.25, -0.2) is 17.4 Å². The zero-order valence-electron chi connectivity index (χ0n) is 20.3. The second-order valence-electron chi connectivity index (χ2n) is 8.90. The van der Waals surface area contributed by atoms with E-state index in [0.717, 1.165) is 5.56 Å². The van der Waals surface area contributed by atoms with Crippen molar-refractivity contribution in [3.63, 3.8) is 0 Å². The first-order valence-electron chi connectivity index (χ1n) is 11.2. The molecule has 3 aromatic rings. The predicted molar refractivity (Wildman–Crippen MR) is 132 cm³/mol. The van der Waals surface area contributed by atoms with Crippen molar-refractivity contribution in [3.05, 3.63) is 75.2 Å². The molecule has 1 fully saturated rings. The molecule has 0 bridgehead atoms. The van der Waals surface area contributed by atoms with Gasteiger partial charge >= 0.3 is 0 Å². The highest BCUT2D eigenvalue weighted by molar-refractivity contribution is 7.89. The minimum atomic E-state index is -4.28. The van der Waals surface area contributed by atoms with Crippen LogP contribution in [0.15, 0.2) is 52.2 Å². The van der Waals surface area contributed by atoms with Gasteiger partial charge in [0.1, 0.15) is 11.7 Å². The van der Waals surface area contributed by atoms with Gasteiger partial charge in [-0.15, -0.1) is 0 Å². The van der Waals surface area contributed by atoms with Gasteiger partial charge in [-0.05, 0) is 57.4 Å². The first-order valence-corrected chi connectivity index (χ1v) is 12.7. The van der Waals surface area contributed by atoms with Crippen molar-refractivity contribution < 1.29 is 18.0 Å². The van der Waals surface area contributed by atoms with Crippen molar-refractivity contribution in [1.82, 2.24) is 13.7 Å². The summed E-state index contributed by atoms with van der Waals surface area (Å²) in [4.78, 5) is 39.2. The number of benzene rings is 2. The van der Waals surface area contributed by atoms with E-state index in [0.29, 0.717) is 26.8 Å². The molecule has 9 nitrogen and oxygen atoms in total. The Labute approximate surface area is 204 Å². The van der Waals surface area contributed by atoms with Crippen LogP contribution >= 0.6 is 0 Å². The van der Waals surface area contributed by atoms with Crippen LogP contribution in [0.25, 0.3) is 5.69 Å². The maximum atomic E-state index is 13.6. The smallest absolute Gasteiger partial charge is 0.295 e. The van der Waals surface area contributed by atoms with Gasteiger partial charge in [-0.1, -0.05) is 35.9 Å². The van der Waals surface area contributed by atoms with Crippen molar-refractivity contribution in [1.29, 1.82) is 0 Å². The number of hydrogen-bond acceptors (Lipinski definition) is 5. The average Bonchev–Trinajstić information content (AvgIpc) is 3.27. The van der Waals surface area contributed by atoms with Gasteiger partial charge < -0.3 is 5.32 Å². The number of amides is 2. The molecule has 1 unspecified atom stereocenters. The number of rotatable bonds is 5. The molecule has 0 radical (unpaired) electrons. The van der Waals surface area contributed by atoms with Gasteiger partial charge in [0, 0.05) is 13.5 Å². The molecular weight excluding hydrogens is 468 g/mol. The summed E-state index contributed by atoms with van der Waals surface area (Å²) in [6.45, 7) is 6.88. The van der Waals surface area contributed by atoms with E-state index in [1.807, 2.05) is 13.0 Å². The number of para-hydroxylation sites is 1. The highest BCUT2D eigenvalue weighted by Crippen LogP contribution is 2.32. The zero-order valence-corrected chi connectivity index (χ0v) is 21.1. The van der Waals surface area contributed by atoms with Crippen molar-refractivity contribution >= 4 is 27.5 Å². The van der Waals surface area contributed by atoms with E-state index in [9.17, 15) is 22.8 Å². The van der Waals surface area contributed by atoms with E-state index in [1.54, 1.807) is 68.9 Å². The molecule has 35 heavy (non-hydrogen) atoms. The molecule has 2 amide bonds. The second kappa shape index (κ2) is 8.84. The van der Waals surface area contributed by atoms with Crippen LogP contribution in [0.4, 0.5) is 5.69 Å². The summed E-state index contributed by atoms with van der Waals surface area (Å²) in [6.07, 6.45) is -0.0457. The van der Waals surface area contributed by atoms with E-state index in [4.69, 9.17) is 0 Å². The van der Waals surface area contributed by atoms with Crippen LogP contribution in [-0.2, 0) is 26.7 Å². The number of hydrogen-bond donors (Lipinski definition) is 1. The van der Waals surface area contributed by atoms with Crippen LogP contribution in [0.3, 0.4) is 0 Å². The number of carbonyl (C=O) groups excluding carboxylic acids is 2. The molecule has 10 heteroatoms.